The maximum atomic E-state index is 10.4. The van der Waals surface area contributed by atoms with Gasteiger partial charge in [0.25, 0.3) is 0 Å². The van der Waals surface area contributed by atoms with Crippen molar-refractivity contribution in [3.63, 3.8) is 0 Å². The SMILES string of the molecule is CCCN(Cc1ccccc1)C[C@@H](O)CO[C@@H](C)c1ccc(Cl)cc1. The van der Waals surface area contributed by atoms with Crippen LogP contribution in [0.15, 0.2) is 54.6 Å². The summed E-state index contributed by atoms with van der Waals surface area (Å²) >= 11 is 5.91. The highest BCUT2D eigenvalue weighted by Gasteiger charge is 2.14. The Morgan fingerprint density at radius 1 is 1.08 bits per heavy atom. The second-order valence-corrected chi connectivity index (χ2v) is 6.84. The quantitative estimate of drug-likeness (QED) is 0.666. The summed E-state index contributed by atoms with van der Waals surface area (Å²) in [5.74, 6) is 0. The van der Waals surface area contributed by atoms with E-state index in [4.69, 9.17) is 16.3 Å². The molecule has 0 saturated carbocycles. The Labute approximate surface area is 156 Å². The van der Waals surface area contributed by atoms with Crippen molar-refractivity contribution in [1.29, 1.82) is 0 Å². The molecule has 0 spiro atoms. The summed E-state index contributed by atoms with van der Waals surface area (Å²) in [7, 11) is 0. The minimum Gasteiger partial charge on any atom is -0.389 e. The monoisotopic (exact) mass is 361 g/mol. The first kappa shape index (κ1) is 19.9. The van der Waals surface area contributed by atoms with Gasteiger partial charge in [-0.1, -0.05) is 61.0 Å². The fourth-order valence-corrected chi connectivity index (χ4v) is 2.95. The van der Waals surface area contributed by atoms with Crippen LogP contribution in [0.3, 0.4) is 0 Å². The zero-order valence-electron chi connectivity index (χ0n) is 15.1. The van der Waals surface area contributed by atoms with Gasteiger partial charge >= 0.3 is 0 Å². The van der Waals surface area contributed by atoms with Crippen LogP contribution in [0, 0.1) is 0 Å². The molecule has 0 unspecified atom stereocenters. The van der Waals surface area contributed by atoms with Gasteiger partial charge in [0.15, 0.2) is 0 Å². The molecular formula is C21H28ClNO2. The minimum atomic E-state index is -0.509. The van der Waals surface area contributed by atoms with E-state index in [1.807, 2.05) is 49.4 Å². The van der Waals surface area contributed by atoms with Gasteiger partial charge in [0, 0.05) is 18.1 Å². The number of aliphatic hydroxyl groups is 1. The number of benzene rings is 2. The smallest absolute Gasteiger partial charge is 0.0900 e. The van der Waals surface area contributed by atoms with Crippen molar-refractivity contribution in [2.75, 3.05) is 19.7 Å². The van der Waals surface area contributed by atoms with Crippen LogP contribution in [0.4, 0.5) is 0 Å². The van der Waals surface area contributed by atoms with E-state index in [-0.39, 0.29) is 6.10 Å². The number of hydrogen-bond acceptors (Lipinski definition) is 3. The lowest BCUT2D eigenvalue weighted by Gasteiger charge is -2.25. The third-order valence-corrected chi connectivity index (χ3v) is 4.39. The molecule has 0 fully saturated rings. The number of halogens is 1. The number of rotatable bonds is 10. The van der Waals surface area contributed by atoms with Gasteiger partial charge in [-0.05, 0) is 43.1 Å². The molecule has 3 nitrogen and oxygen atoms in total. The molecule has 0 radical (unpaired) electrons. The third-order valence-electron chi connectivity index (χ3n) is 4.14. The van der Waals surface area contributed by atoms with E-state index in [2.05, 4.69) is 24.0 Å². The molecule has 136 valence electrons. The Bertz CT molecular complexity index is 603. The lowest BCUT2D eigenvalue weighted by atomic mass is 10.1. The predicted molar refractivity (Wildman–Crippen MR) is 104 cm³/mol. The third kappa shape index (κ3) is 7.17. The van der Waals surface area contributed by atoms with Crippen LogP contribution in [-0.2, 0) is 11.3 Å². The van der Waals surface area contributed by atoms with Crippen molar-refractivity contribution in [3.05, 3.63) is 70.7 Å². The van der Waals surface area contributed by atoms with Gasteiger partial charge in [0.1, 0.15) is 0 Å². The van der Waals surface area contributed by atoms with Crippen LogP contribution in [0.2, 0.25) is 5.02 Å². The van der Waals surface area contributed by atoms with E-state index in [9.17, 15) is 5.11 Å². The van der Waals surface area contributed by atoms with Gasteiger partial charge in [-0.3, -0.25) is 4.90 Å². The van der Waals surface area contributed by atoms with Crippen molar-refractivity contribution in [1.82, 2.24) is 4.90 Å². The molecule has 0 heterocycles. The Morgan fingerprint density at radius 3 is 2.40 bits per heavy atom. The van der Waals surface area contributed by atoms with Crippen LogP contribution in [-0.4, -0.2) is 35.8 Å². The van der Waals surface area contributed by atoms with Gasteiger partial charge in [-0.15, -0.1) is 0 Å². The van der Waals surface area contributed by atoms with Crippen LogP contribution in [0.5, 0.6) is 0 Å². The molecule has 2 aromatic carbocycles. The fourth-order valence-electron chi connectivity index (χ4n) is 2.83. The summed E-state index contributed by atoms with van der Waals surface area (Å²) in [5.41, 5.74) is 2.32. The Hall–Kier alpha value is -1.39. The molecule has 4 heteroatoms. The molecule has 2 atom stereocenters. The number of hydrogen-bond donors (Lipinski definition) is 1. The van der Waals surface area contributed by atoms with Crippen LogP contribution in [0.25, 0.3) is 0 Å². The lowest BCUT2D eigenvalue weighted by Crippen LogP contribution is -2.35. The average Bonchev–Trinajstić information content (AvgIpc) is 2.61. The molecule has 2 rings (SSSR count). The largest absolute Gasteiger partial charge is 0.389 e. The number of ether oxygens (including phenoxy) is 1. The van der Waals surface area contributed by atoms with Gasteiger partial charge in [-0.2, -0.15) is 0 Å². The van der Waals surface area contributed by atoms with Crippen molar-refractivity contribution < 1.29 is 9.84 Å². The first-order chi connectivity index (χ1) is 12.1. The number of aliphatic hydroxyl groups excluding tert-OH is 1. The maximum Gasteiger partial charge on any atom is 0.0900 e. The minimum absolute atomic E-state index is 0.0688. The molecule has 0 aliphatic heterocycles. The Kier molecular flexibility index (Phi) is 8.42. The summed E-state index contributed by atoms with van der Waals surface area (Å²) in [6.45, 7) is 6.87. The van der Waals surface area contributed by atoms with E-state index in [1.165, 1.54) is 5.56 Å². The second-order valence-electron chi connectivity index (χ2n) is 6.40. The molecule has 0 aromatic heterocycles. The second kappa shape index (κ2) is 10.6. The molecule has 1 N–H and O–H groups in total. The van der Waals surface area contributed by atoms with Gasteiger partial charge < -0.3 is 9.84 Å². The number of nitrogens with zero attached hydrogens (tertiary/aromatic N) is 1. The Morgan fingerprint density at radius 2 is 1.76 bits per heavy atom. The van der Waals surface area contributed by atoms with E-state index in [0.29, 0.717) is 18.2 Å². The lowest BCUT2D eigenvalue weighted by molar-refractivity contribution is -0.0166. The summed E-state index contributed by atoms with van der Waals surface area (Å²) in [5, 5.41) is 11.1. The highest BCUT2D eigenvalue weighted by atomic mass is 35.5. The normalized spacial score (nSPS) is 13.8. The zero-order chi connectivity index (χ0) is 18.1. The molecule has 2 aromatic rings. The molecule has 0 bridgehead atoms. The maximum absolute atomic E-state index is 10.4. The van der Waals surface area contributed by atoms with E-state index < -0.39 is 6.10 Å². The molecule has 25 heavy (non-hydrogen) atoms. The van der Waals surface area contributed by atoms with Crippen molar-refractivity contribution in [3.8, 4) is 0 Å². The van der Waals surface area contributed by atoms with E-state index in [0.717, 1.165) is 25.1 Å². The summed E-state index contributed by atoms with van der Waals surface area (Å²) in [6.07, 6.45) is 0.479. The first-order valence-corrected chi connectivity index (χ1v) is 9.27. The highest BCUT2D eigenvalue weighted by Crippen LogP contribution is 2.19. The molecule has 0 aliphatic carbocycles. The van der Waals surface area contributed by atoms with E-state index >= 15 is 0 Å². The molecule has 0 aliphatic rings. The summed E-state index contributed by atoms with van der Waals surface area (Å²) < 4.78 is 5.84. The zero-order valence-corrected chi connectivity index (χ0v) is 15.8. The van der Waals surface area contributed by atoms with Crippen molar-refractivity contribution in [2.24, 2.45) is 0 Å². The fraction of sp³-hybridized carbons (Fsp3) is 0.429. The first-order valence-electron chi connectivity index (χ1n) is 8.90. The molecule has 0 amide bonds. The summed E-state index contributed by atoms with van der Waals surface area (Å²) in [6, 6.07) is 18.0. The van der Waals surface area contributed by atoms with E-state index in [1.54, 1.807) is 0 Å². The average molecular weight is 362 g/mol. The van der Waals surface area contributed by atoms with Crippen LogP contribution in [0.1, 0.15) is 37.5 Å². The van der Waals surface area contributed by atoms with Crippen LogP contribution < -0.4 is 0 Å². The van der Waals surface area contributed by atoms with Gasteiger partial charge in [0.2, 0.25) is 0 Å². The topological polar surface area (TPSA) is 32.7 Å². The van der Waals surface area contributed by atoms with Gasteiger partial charge in [0.05, 0.1) is 18.8 Å². The Balaban J connectivity index is 1.81. The standard InChI is InChI=1S/C21H28ClNO2/c1-3-13-23(14-18-7-5-4-6-8-18)15-21(24)16-25-17(2)19-9-11-20(22)12-10-19/h4-12,17,21,24H,3,13-16H2,1-2H3/t17-,21+/m0/s1. The summed E-state index contributed by atoms with van der Waals surface area (Å²) in [4.78, 5) is 2.27. The van der Waals surface area contributed by atoms with Crippen molar-refractivity contribution >= 4 is 11.6 Å². The molecule has 0 saturated heterocycles. The molecular weight excluding hydrogens is 334 g/mol. The highest BCUT2D eigenvalue weighted by molar-refractivity contribution is 6.30. The van der Waals surface area contributed by atoms with Crippen molar-refractivity contribution in [2.45, 2.75) is 39.0 Å². The van der Waals surface area contributed by atoms with Gasteiger partial charge in [-0.25, -0.2) is 0 Å². The predicted octanol–water partition coefficient (Wildman–Crippen LogP) is 4.69. The van der Waals surface area contributed by atoms with Crippen LogP contribution >= 0.6 is 11.6 Å².